The van der Waals surface area contributed by atoms with Crippen molar-refractivity contribution in [3.63, 3.8) is 0 Å². The molecule has 0 aliphatic carbocycles. The maximum Gasteiger partial charge on any atom is 0.343 e. The van der Waals surface area contributed by atoms with Gasteiger partial charge in [-0.2, -0.15) is 0 Å². The number of rotatable bonds is 9. The lowest BCUT2D eigenvalue weighted by Crippen LogP contribution is -2.35. The molecule has 0 aliphatic rings. The van der Waals surface area contributed by atoms with Gasteiger partial charge in [0.25, 0.3) is 5.91 Å². The molecule has 0 unspecified atom stereocenters. The molecule has 0 bridgehead atoms. The number of anilines is 1. The van der Waals surface area contributed by atoms with Crippen molar-refractivity contribution >= 4 is 29.8 Å². The highest BCUT2D eigenvalue weighted by atomic mass is 19.1. The van der Waals surface area contributed by atoms with E-state index in [-0.39, 0.29) is 22.6 Å². The minimum Gasteiger partial charge on any atom is -0.493 e. The number of hydrogen-bond acceptors (Lipinski definition) is 7. The van der Waals surface area contributed by atoms with Gasteiger partial charge in [-0.3, -0.25) is 14.4 Å². The normalized spacial score (nSPS) is 9.97. The van der Waals surface area contributed by atoms with Crippen LogP contribution in [-0.4, -0.2) is 51.4 Å². The molecular formula is C20H19FN2O7. The van der Waals surface area contributed by atoms with E-state index in [0.717, 1.165) is 0 Å². The predicted octanol–water partition coefficient (Wildman–Crippen LogP) is 1.57. The van der Waals surface area contributed by atoms with E-state index in [9.17, 15) is 23.6 Å². The smallest absolute Gasteiger partial charge is 0.343 e. The molecule has 0 radical (unpaired) electrons. The van der Waals surface area contributed by atoms with E-state index in [1.54, 1.807) is 0 Å². The van der Waals surface area contributed by atoms with Gasteiger partial charge in [0, 0.05) is 11.3 Å². The van der Waals surface area contributed by atoms with E-state index in [4.69, 9.17) is 14.2 Å². The van der Waals surface area contributed by atoms with Crippen LogP contribution in [0.1, 0.15) is 20.7 Å². The SMILES string of the molecule is COc1ccc(C=O)c(C(=O)OCC(=O)NCC(=O)Nc2ccc(F)cc2)c1OC. The van der Waals surface area contributed by atoms with Crippen molar-refractivity contribution in [3.05, 3.63) is 53.3 Å². The fourth-order valence-corrected chi connectivity index (χ4v) is 2.42. The number of benzene rings is 2. The van der Waals surface area contributed by atoms with Gasteiger partial charge in [0.1, 0.15) is 11.4 Å². The summed E-state index contributed by atoms with van der Waals surface area (Å²) in [5.41, 5.74) is 0.166. The first-order valence-electron chi connectivity index (χ1n) is 8.59. The summed E-state index contributed by atoms with van der Waals surface area (Å²) in [6.45, 7) is -1.09. The fourth-order valence-electron chi connectivity index (χ4n) is 2.42. The number of amides is 2. The molecule has 0 aliphatic heterocycles. The van der Waals surface area contributed by atoms with Crippen molar-refractivity contribution < 1.29 is 37.8 Å². The third-order valence-corrected chi connectivity index (χ3v) is 3.82. The Balaban J connectivity index is 1.91. The standard InChI is InChI=1S/C20H19FN2O7/c1-28-15-8-3-12(10-24)18(19(15)29-2)20(27)30-11-17(26)22-9-16(25)23-14-6-4-13(21)5-7-14/h3-8,10H,9,11H2,1-2H3,(H,22,26)(H,23,25). The summed E-state index contributed by atoms with van der Waals surface area (Å²) in [7, 11) is 2.65. The zero-order valence-corrected chi connectivity index (χ0v) is 16.2. The highest BCUT2D eigenvalue weighted by Gasteiger charge is 2.23. The molecule has 0 heterocycles. The van der Waals surface area contributed by atoms with Crippen LogP contribution in [0.2, 0.25) is 0 Å². The second-order valence-electron chi connectivity index (χ2n) is 5.79. The monoisotopic (exact) mass is 418 g/mol. The molecule has 2 amide bonds. The summed E-state index contributed by atoms with van der Waals surface area (Å²) < 4.78 is 28.0. The maximum atomic E-state index is 12.8. The van der Waals surface area contributed by atoms with Crippen molar-refractivity contribution in [2.75, 3.05) is 32.7 Å². The van der Waals surface area contributed by atoms with Gasteiger partial charge in [0.2, 0.25) is 5.91 Å². The molecule has 0 aromatic heterocycles. The number of ether oxygens (including phenoxy) is 3. The van der Waals surface area contributed by atoms with E-state index in [1.807, 2.05) is 0 Å². The van der Waals surface area contributed by atoms with Gasteiger partial charge >= 0.3 is 5.97 Å². The molecule has 2 rings (SSSR count). The highest BCUT2D eigenvalue weighted by molar-refractivity contribution is 6.02. The van der Waals surface area contributed by atoms with E-state index < -0.39 is 36.8 Å². The third kappa shape index (κ3) is 5.77. The molecule has 30 heavy (non-hydrogen) atoms. The van der Waals surface area contributed by atoms with Crippen molar-refractivity contribution in [2.45, 2.75) is 0 Å². The molecule has 2 N–H and O–H groups in total. The highest BCUT2D eigenvalue weighted by Crippen LogP contribution is 2.33. The molecule has 2 aromatic carbocycles. The molecule has 158 valence electrons. The van der Waals surface area contributed by atoms with Crippen LogP contribution in [0.25, 0.3) is 0 Å². The third-order valence-electron chi connectivity index (χ3n) is 3.82. The zero-order valence-electron chi connectivity index (χ0n) is 16.2. The van der Waals surface area contributed by atoms with E-state index in [2.05, 4.69) is 10.6 Å². The number of hydrogen-bond donors (Lipinski definition) is 2. The summed E-state index contributed by atoms with van der Waals surface area (Å²) in [6, 6.07) is 7.88. The summed E-state index contributed by atoms with van der Waals surface area (Å²) >= 11 is 0. The zero-order chi connectivity index (χ0) is 22.1. The summed E-state index contributed by atoms with van der Waals surface area (Å²) in [5.74, 6) is -2.53. The second-order valence-corrected chi connectivity index (χ2v) is 5.79. The Bertz CT molecular complexity index is 945. The fraction of sp³-hybridized carbons (Fsp3) is 0.200. The summed E-state index contributed by atoms with van der Waals surface area (Å²) in [4.78, 5) is 47.3. The number of esters is 1. The lowest BCUT2D eigenvalue weighted by Gasteiger charge is -2.14. The van der Waals surface area contributed by atoms with Gasteiger partial charge in [0.15, 0.2) is 24.4 Å². The average Bonchev–Trinajstić information content (AvgIpc) is 2.76. The number of nitrogens with one attached hydrogen (secondary N) is 2. The van der Waals surface area contributed by atoms with Crippen LogP contribution in [0, 0.1) is 5.82 Å². The first kappa shape index (κ1) is 22.3. The summed E-state index contributed by atoms with van der Waals surface area (Å²) in [5, 5.41) is 4.73. The molecule has 9 nitrogen and oxygen atoms in total. The Labute approximate surface area is 171 Å². The summed E-state index contributed by atoms with van der Waals surface area (Å²) in [6.07, 6.45) is 0.443. The van der Waals surface area contributed by atoms with Crippen LogP contribution >= 0.6 is 0 Å². The van der Waals surface area contributed by atoms with Crippen molar-refractivity contribution in [2.24, 2.45) is 0 Å². The Morgan fingerprint density at radius 2 is 1.70 bits per heavy atom. The molecule has 2 aromatic rings. The minimum absolute atomic E-state index is 0.00302. The predicted molar refractivity (Wildman–Crippen MR) is 103 cm³/mol. The van der Waals surface area contributed by atoms with E-state index in [0.29, 0.717) is 12.0 Å². The van der Waals surface area contributed by atoms with Crippen molar-refractivity contribution in [1.82, 2.24) is 5.32 Å². The lowest BCUT2D eigenvalue weighted by atomic mass is 10.1. The number of aldehydes is 1. The van der Waals surface area contributed by atoms with E-state index in [1.165, 1.54) is 50.6 Å². The Hall–Kier alpha value is -3.95. The van der Waals surface area contributed by atoms with Crippen LogP contribution in [-0.2, 0) is 14.3 Å². The minimum atomic E-state index is -0.973. The first-order chi connectivity index (χ1) is 14.4. The van der Waals surface area contributed by atoms with E-state index >= 15 is 0 Å². The largest absolute Gasteiger partial charge is 0.493 e. The Morgan fingerprint density at radius 3 is 2.30 bits per heavy atom. The molecule has 0 saturated heterocycles. The molecular weight excluding hydrogens is 399 g/mol. The second kappa shape index (κ2) is 10.6. The van der Waals surface area contributed by atoms with Crippen molar-refractivity contribution in [1.29, 1.82) is 0 Å². The topological polar surface area (TPSA) is 120 Å². The molecule has 0 spiro atoms. The van der Waals surface area contributed by atoms with Crippen LogP contribution in [0.5, 0.6) is 11.5 Å². The van der Waals surface area contributed by atoms with Crippen LogP contribution in [0.3, 0.4) is 0 Å². The molecule has 0 saturated carbocycles. The first-order valence-corrected chi connectivity index (χ1v) is 8.59. The van der Waals surface area contributed by atoms with Crippen LogP contribution in [0.4, 0.5) is 10.1 Å². The Kier molecular flexibility index (Phi) is 7.86. The molecule has 0 atom stereocenters. The number of carbonyl (C=O) groups excluding carboxylic acids is 4. The quantitative estimate of drug-likeness (QED) is 0.468. The van der Waals surface area contributed by atoms with Gasteiger partial charge in [-0.25, -0.2) is 9.18 Å². The number of carbonyl (C=O) groups is 4. The van der Waals surface area contributed by atoms with Gasteiger partial charge in [-0.1, -0.05) is 0 Å². The Morgan fingerprint density at radius 1 is 1.00 bits per heavy atom. The van der Waals surface area contributed by atoms with Gasteiger partial charge in [-0.15, -0.1) is 0 Å². The van der Waals surface area contributed by atoms with Gasteiger partial charge < -0.3 is 24.8 Å². The number of methoxy groups -OCH3 is 2. The number of halogens is 1. The maximum absolute atomic E-state index is 12.8. The van der Waals surface area contributed by atoms with Gasteiger partial charge in [-0.05, 0) is 36.4 Å². The average molecular weight is 418 g/mol. The lowest BCUT2D eigenvalue weighted by molar-refractivity contribution is -0.126. The molecule has 10 heteroatoms. The van der Waals surface area contributed by atoms with Crippen molar-refractivity contribution in [3.8, 4) is 11.5 Å². The van der Waals surface area contributed by atoms with Gasteiger partial charge in [0.05, 0.1) is 20.8 Å². The molecule has 0 fully saturated rings. The van der Waals surface area contributed by atoms with Crippen LogP contribution in [0.15, 0.2) is 36.4 Å². The van der Waals surface area contributed by atoms with Crippen LogP contribution < -0.4 is 20.1 Å².